The predicted octanol–water partition coefficient (Wildman–Crippen LogP) is 3.67. The van der Waals surface area contributed by atoms with Crippen LogP contribution in [0.15, 0.2) is 40.9 Å². The zero-order valence-corrected chi connectivity index (χ0v) is 14.3. The fraction of sp³-hybridized carbons (Fsp3) is 0.250. The number of hydrogen-bond donors (Lipinski definition) is 2. The van der Waals surface area contributed by atoms with Gasteiger partial charge >= 0.3 is 12.0 Å². The summed E-state index contributed by atoms with van der Waals surface area (Å²) in [4.78, 5) is 27.3. The van der Waals surface area contributed by atoms with Crippen molar-refractivity contribution >= 4 is 34.7 Å². The summed E-state index contributed by atoms with van der Waals surface area (Å²) in [5.41, 5.74) is 0.981. The van der Waals surface area contributed by atoms with Crippen LogP contribution in [-0.2, 0) is 9.53 Å². The third-order valence-corrected chi connectivity index (χ3v) is 5.66. The van der Waals surface area contributed by atoms with Crippen molar-refractivity contribution in [1.82, 2.24) is 10.6 Å². The zero-order valence-electron chi connectivity index (χ0n) is 12.7. The normalized spacial score (nSPS) is 17.7. The Morgan fingerprint density at radius 2 is 2.13 bits per heavy atom. The molecule has 2 N–H and O–H groups in total. The van der Waals surface area contributed by atoms with Crippen LogP contribution in [0.3, 0.4) is 0 Å². The van der Waals surface area contributed by atoms with Crippen molar-refractivity contribution in [2.24, 2.45) is 0 Å². The second-order valence-corrected chi connectivity index (χ2v) is 7.03. The molecule has 5 nitrogen and oxygen atoms in total. The van der Waals surface area contributed by atoms with Gasteiger partial charge in [0.05, 0.1) is 18.2 Å². The van der Waals surface area contributed by atoms with Gasteiger partial charge in [0.15, 0.2) is 0 Å². The highest BCUT2D eigenvalue weighted by atomic mass is 32.1. The summed E-state index contributed by atoms with van der Waals surface area (Å²) in [6, 6.07) is 7.21. The number of thiophene rings is 2. The van der Waals surface area contributed by atoms with Gasteiger partial charge in [-0.25, -0.2) is 9.59 Å². The highest BCUT2D eigenvalue weighted by Crippen LogP contribution is 2.37. The van der Waals surface area contributed by atoms with Gasteiger partial charge in [-0.1, -0.05) is 6.07 Å². The van der Waals surface area contributed by atoms with Gasteiger partial charge < -0.3 is 15.4 Å². The Kier molecular flexibility index (Phi) is 4.49. The second kappa shape index (κ2) is 6.55. The average molecular weight is 348 g/mol. The number of hydrogen-bond acceptors (Lipinski definition) is 5. The lowest BCUT2D eigenvalue weighted by Gasteiger charge is -2.27. The van der Waals surface area contributed by atoms with Crippen LogP contribution in [0, 0.1) is 0 Å². The van der Waals surface area contributed by atoms with E-state index in [2.05, 4.69) is 16.7 Å². The van der Waals surface area contributed by atoms with Crippen molar-refractivity contribution < 1.29 is 14.3 Å². The fourth-order valence-electron chi connectivity index (χ4n) is 2.45. The monoisotopic (exact) mass is 348 g/mol. The lowest BCUT2D eigenvalue weighted by Crippen LogP contribution is -2.45. The molecule has 0 aromatic carbocycles. The van der Waals surface area contributed by atoms with Gasteiger partial charge in [0.2, 0.25) is 0 Å². The molecule has 1 aliphatic heterocycles. The minimum Gasteiger partial charge on any atom is -0.463 e. The van der Waals surface area contributed by atoms with E-state index in [1.165, 1.54) is 4.88 Å². The summed E-state index contributed by atoms with van der Waals surface area (Å²) in [5.74, 6) is -0.409. The number of allylic oxidation sites excluding steroid dienone is 1. The molecule has 0 unspecified atom stereocenters. The van der Waals surface area contributed by atoms with Gasteiger partial charge in [-0.2, -0.15) is 0 Å². The van der Waals surface area contributed by atoms with E-state index in [1.54, 1.807) is 36.5 Å². The quantitative estimate of drug-likeness (QED) is 0.829. The van der Waals surface area contributed by atoms with Crippen molar-refractivity contribution in [2.45, 2.75) is 19.9 Å². The molecule has 23 heavy (non-hydrogen) atoms. The fourth-order valence-corrected chi connectivity index (χ4v) is 4.35. The number of urea groups is 1. The lowest BCUT2D eigenvalue weighted by atomic mass is 10.0. The summed E-state index contributed by atoms with van der Waals surface area (Å²) in [6.45, 7) is 3.77. The van der Waals surface area contributed by atoms with E-state index in [0.717, 1.165) is 9.75 Å². The number of amides is 2. The maximum absolute atomic E-state index is 12.3. The molecule has 7 heteroatoms. The van der Waals surface area contributed by atoms with Gasteiger partial charge in [-0.15, -0.1) is 22.7 Å². The van der Waals surface area contributed by atoms with Crippen LogP contribution < -0.4 is 10.6 Å². The standard InChI is InChI=1S/C16H16N2O3S2/c1-3-21-15(19)13-9(2)17-16(20)18-14(13)12-7-6-11(23-12)10-5-4-8-22-10/h4-8,14H,3H2,1-2H3,(H2,17,18,20)/t14-/m0/s1. The molecule has 0 bridgehead atoms. The first-order chi connectivity index (χ1) is 11.1. The van der Waals surface area contributed by atoms with Crippen molar-refractivity contribution in [1.29, 1.82) is 0 Å². The van der Waals surface area contributed by atoms with E-state index in [4.69, 9.17) is 4.74 Å². The molecule has 2 aromatic heterocycles. The lowest BCUT2D eigenvalue weighted by molar-refractivity contribution is -0.139. The average Bonchev–Trinajstić information content (AvgIpc) is 3.18. The highest BCUT2D eigenvalue weighted by Gasteiger charge is 2.33. The number of carbonyl (C=O) groups is 2. The first kappa shape index (κ1) is 15.8. The van der Waals surface area contributed by atoms with Crippen LogP contribution in [0.5, 0.6) is 0 Å². The SMILES string of the molecule is CCOC(=O)C1=C(C)NC(=O)N[C@H]1c1ccc(-c2cccs2)s1. The molecule has 0 fully saturated rings. The Balaban J connectivity index is 1.97. The van der Waals surface area contributed by atoms with Crippen LogP contribution in [0.4, 0.5) is 4.79 Å². The minimum absolute atomic E-state index is 0.293. The van der Waals surface area contributed by atoms with Crippen molar-refractivity contribution in [2.75, 3.05) is 6.61 Å². The first-order valence-electron chi connectivity index (χ1n) is 7.19. The summed E-state index contributed by atoms with van der Waals surface area (Å²) in [7, 11) is 0. The Morgan fingerprint density at radius 3 is 2.83 bits per heavy atom. The molecule has 1 aliphatic rings. The number of esters is 1. The van der Waals surface area contributed by atoms with Crippen LogP contribution in [0.1, 0.15) is 24.8 Å². The predicted molar refractivity (Wildman–Crippen MR) is 91.4 cm³/mol. The molecule has 1 atom stereocenters. The van der Waals surface area contributed by atoms with Gasteiger partial charge in [0.1, 0.15) is 0 Å². The van der Waals surface area contributed by atoms with Crippen LogP contribution >= 0.6 is 22.7 Å². The molecule has 120 valence electrons. The second-order valence-electron chi connectivity index (χ2n) is 4.97. The van der Waals surface area contributed by atoms with E-state index in [9.17, 15) is 9.59 Å². The first-order valence-corrected chi connectivity index (χ1v) is 8.88. The van der Waals surface area contributed by atoms with Gasteiger partial charge in [0, 0.05) is 20.3 Å². The van der Waals surface area contributed by atoms with E-state index in [0.29, 0.717) is 17.9 Å². The van der Waals surface area contributed by atoms with Crippen LogP contribution in [-0.4, -0.2) is 18.6 Å². The van der Waals surface area contributed by atoms with Crippen LogP contribution in [0.25, 0.3) is 9.75 Å². The van der Waals surface area contributed by atoms with E-state index < -0.39 is 12.0 Å². The summed E-state index contributed by atoms with van der Waals surface area (Å²) in [5, 5.41) is 7.48. The number of rotatable bonds is 4. The Morgan fingerprint density at radius 1 is 1.30 bits per heavy atom. The molecule has 3 heterocycles. The molecule has 2 amide bonds. The maximum atomic E-state index is 12.3. The van der Waals surface area contributed by atoms with E-state index >= 15 is 0 Å². The number of carbonyl (C=O) groups excluding carboxylic acids is 2. The third-order valence-electron chi connectivity index (χ3n) is 3.44. The molecular weight excluding hydrogens is 332 g/mol. The van der Waals surface area contributed by atoms with Crippen LogP contribution in [0.2, 0.25) is 0 Å². The highest BCUT2D eigenvalue weighted by molar-refractivity contribution is 7.21. The topological polar surface area (TPSA) is 67.4 Å². The largest absolute Gasteiger partial charge is 0.463 e. The molecule has 0 spiro atoms. The number of ether oxygens (including phenoxy) is 1. The molecule has 0 radical (unpaired) electrons. The Hall–Kier alpha value is -2.12. The van der Waals surface area contributed by atoms with Crippen molar-refractivity contribution in [3.8, 4) is 9.75 Å². The molecule has 2 aromatic rings. The number of nitrogens with one attached hydrogen (secondary N) is 2. The third kappa shape index (κ3) is 3.16. The van der Waals surface area contributed by atoms with Gasteiger partial charge in [-0.3, -0.25) is 0 Å². The smallest absolute Gasteiger partial charge is 0.338 e. The summed E-state index contributed by atoms with van der Waals surface area (Å²) in [6.07, 6.45) is 0. The maximum Gasteiger partial charge on any atom is 0.338 e. The van der Waals surface area contributed by atoms with Gasteiger partial charge in [0.25, 0.3) is 0 Å². The Labute approximate surface area is 142 Å². The van der Waals surface area contributed by atoms with Gasteiger partial charge in [-0.05, 0) is 37.4 Å². The summed E-state index contributed by atoms with van der Waals surface area (Å²) < 4.78 is 5.14. The Bertz CT molecular complexity index is 762. The van der Waals surface area contributed by atoms with E-state index in [-0.39, 0.29) is 6.03 Å². The zero-order chi connectivity index (χ0) is 16.4. The molecule has 0 aliphatic carbocycles. The molecule has 0 saturated heterocycles. The molecule has 3 rings (SSSR count). The molecule has 0 saturated carbocycles. The van der Waals surface area contributed by atoms with Crippen molar-refractivity contribution in [3.05, 3.63) is 45.8 Å². The molecular formula is C16H16N2O3S2. The van der Waals surface area contributed by atoms with E-state index in [1.807, 2.05) is 23.6 Å². The summed E-state index contributed by atoms with van der Waals surface area (Å²) >= 11 is 3.23. The van der Waals surface area contributed by atoms with Crippen molar-refractivity contribution in [3.63, 3.8) is 0 Å². The minimum atomic E-state index is -0.485.